The van der Waals surface area contributed by atoms with E-state index in [2.05, 4.69) is 58.5 Å². The molecule has 8 aliphatic carbocycles. The molecule has 8 aliphatic rings. The van der Waals surface area contributed by atoms with Crippen LogP contribution in [0, 0.1) is 13.8 Å². The minimum atomic E-state index is -0.575. The number of aromatic amines is 2. The maximum atomic E-state index is 12.2. The number of nitrogens with zero attached hydrogens (tertiary/aromatic N) is 2. The van der Waals surface area contributed by atoms with Crippen LogP contribution in [0.3, 0.4) is 0 Å². The van der Waals surface area contributed by atoms with Gasteiger partial charge in [0.2, 0.25) is 11.6 Å². The summed E-state index contributed by atoms with van der Waals surface area (Å²) in [7, 11) is 6.56. The van der Waals surface area contributed by atoms with Gasteiger partial charge in [0.05, 0.1) is 56.2 Å². The van der Waals surface area contributed by atoms with Gasteiger partial charge < -0.3 is 28.9 Å². The van der Waals surface area contributed by atoms with Crippen molar-refractivity contribution in [1.29, 1.82) is 0 Å². The van der Waals surface area contributed by atoms with Crippen molar-refractivity contribution in [2.45, 2.75) is 78.1 Å². The van der Waals surface area contributed by atoms with Crippen LogP contribution in [0.25, 0.3) is 67.8 Å². The van der Waals surface area contributed by atoms with E-state index in [4.69, 9.17) is 63.7 Å². The van der Waals surface area contributed by atoms with Gasteiger partial charge in [0.15, 0.2) is 23.0 Å². The van der Waals surface area contributed by atoms with Gasteiger partial charge in [0.1, 0.15) is 24.2 Å². The van der Waals surface area contributed by atoms with Gasteiger partial charge in [-0.3, -0.25) is 19.2 Å². The Balaban J connectivity index is 0.000000199. The molecule has 10 aromatic carbocycles. The number of ketones is 2. The van der Waals surface area contributed by atoms with E-state index in [-0.39, 0.29) is 5.56 Å². The first-order valence-electron chi connectivity index (χ1n) is 33.6. The van der Waals surface area contributed by atoms with Crippen LogP contribution in [0.1, 0.15) is 110 Å². The number of hydrogen-bond donors (Lipinski definition) is 2. The van der Waals surface area contributed by atoms with Crippen molar-refractivity contribution in [3.8, 4) is 90.8 Å². The van der Waals surface area contributed by atoms with Gasteiger partial charge in [-0.05, 0) is 225 Å². The Kier molecular flexibility index (Phi) is 22.3. The van der Waals surface area contributed by atoms with Crippen LogP contribution in [0.4, 0.5) is 0 Å². The molecule has 2 heterocycles. The highest BCUT2D eigenvalue weighted by atomic mass is 35.5. The number of benzene rings is 10. The number of ether oxygens (including phenoxy) is 4. The fourth-order valence-electron chi connectivity index (χ4n) is 13.1. The predicted octanol–water partition coefficient (Wildman–Crippen LogP) is 20.4. The standard InChI is InChI=1S/C52H46Cl2N4O4.C18H16O2.C16H13ClO2/c1-59-43-25-23-35(29-45(43)61-3)47-49(37-15-5-7-17-41(37)53)57-51(55-47)39-27-31-11-9-12-32-20-22-34(14-10-13-33(39)21-19-31)40(28-32)52-56-48(36-24-26-44(60-2)46(30-36)62-4)50(58-52)38-16-6-8-18-42(38)54;19-11-17-9-13-1-2-14-4-6-16(18(10-14)12-20)8-7-15(17)5-3-13;1-10-7-8-12(9-11(10)2)15(18)16(19)13-5-3-4-6-14(13)17/h5-8,15-30H,9-14H2,1-4H3,(H,55,57)(H,56,58);3-6,9-12H,1-2,7-8H2;3-9H,1-2H3. The average Bonchev–Trinajstić information content (AvgIpc) is 1.64. The van der Waals surface area contributed by atoms with E-state index in [1.807, 2.05) is 129 Å². The Bertz CT molecular complexity index is 4840. The molecule has 0 amide bonds. The summed E-state index contributed by atoms with van der Waals surface area (Å²) in [4.78, 5) is 64.8. The Hall–Kier alpha value is -10.6. The summed E-state index contributed by atoms with van der Waals surface area (Å²) in [5.74, 6) is 3.04. The zero-order valence-electron chi connectivity index (χ0n) is 57.1. The monoisotopic (exact) mass is 1400 g/mol. The molecule has 0 saturated heterocycles. The third kappa shape index (κ3) is 15.9. The van der Waals surface area contributed by atoms with Crippen molar-refractivity contribution in [2.24, 2.45) is 0 Å². The molecule has 15 heteroatoms. The summed E-state index contributed by atoms with van der Waals surface area (Å²) in [5.41, 5.74) is 22.7. The molecule has 8 bridgehead atoms. The summed E-state index contributed by atoms with van der Waals surface area (Å²) in [6, 6.07) is 65.3. The molecule has 0 radical (unpaired) electrons. The third-order valence-corrected chi connectivity index (χ3v) is 19.8. The molecule has 0 saturated carbocycles. The lowest BCUT2D eigenvalue weighted by Crippen LogP contribution is -2.15. The second-order valence-corrected chi connectivity index (χ2v) is 26.4. The van der Waals surface area contributed by atoms with Crippen molar-refractivity contribution in [3.63, 3.8) is 0 Å². The number of hydrogen-bond acceptors (Lipinski definition) is 10. The lowest BCUT2D eigenvalue weighted by Gasteiger charge is -2.15. The fourth-order valence-corrected chi connectivity index (χ4v) is 13.8. The first-order chi connectivity index (χ1) is 49.1. The van der Waals surface area contributed by atoms with Gasteiger partial charge in [0, 0.05) is 65.7 Å². The molecule has 101 heavy (non-hydrogen) atoms. The van der Waals surface area contributed by atoms with Crippen LogP contribution in [0.15, 0.2) is 200 Å². The fraction of sp³-hybridized carbons (Fsp3) is 0.186. The van der Waals surface area contributed by atoms with Gasteiger partial charge in [-0.2, -0.15) is 0 Å². The highest BCUT2D eigenvalue weighted by molar-refractivity contribution is 6.52. The van der Waals surface area contributed by atoms with Gasteiger partial charge in [0.25, 0.3) is 0 Å². The number of H-pyrrole nitrogens is 2. The molecule has 20 rings (SSSR count). The van der Waals surface area contributed by atoms with Crippen molar-refractivity contribution in [3.05, 3.63) is 293 Å². The summed E-state index contributed by atoms with van der Waals surface area (Å²) in [6.45, 7) is 3.87. The number of aryl methyl sites for hydroxylation is 10. The van der Waals surface area contributed by atoms with Crippen molar-refractivity contribution < 1.29 is 38.1 Å². The number of nitrogens with one attached hydrogen (secondary N) is 2. The van der Waals surface area contributed by atoms with Crippen molar-refractivity contribution in [1.82, 2.24) is 19.9 Å². The number of imidazole rings is 2. The zero-order valence-corrected chi connectivity index (χ0v) is 59.3. The number of carbonyl (C=O) groups is 4. The molecule has 0 atom stereocenters. The van der Waals surface area contributed by atoms with Crippen LogP contribution in [-0.2, 0) is 51.4 Å². The highest BCUT2D eigenvalue weighted by Gasteiger charge is 2.25. The predicted molar refractivity (Wildman–Crippen MR) is 405 cm³/mol. The first kappa shape index (κ1) is 70.2. The third-order valence-electron chi connectivity index (χ3n) is 18.8. The molecule has 2 N–H and O–H groups in total. The molecule has 12 aromatic rings. The topological polar surface area (TPSA) is 163 Å². The van der Waals surface area contributed by atoms with Gasteiger partial charge in [-0.1, -0.05) is 144 Å². The van der Waals surface area contributed by atoms with Gasteiger partial charge in [-0.25, -0.2) is 9.97 Å². The molecule has 0 spiro atoms. The summed E-state index contributed by atoms with van der Waals surface area (Å²) in [5, 5.41) is 1.58. The Labute approximate surface area is 603 Å². The van der Waals surface area contributed by atoms with E-state index in [9.17, 15) is 19.2 Å². The first-order valence-corrected chi connectivity index (χ1v) is 34.7. The van der Waals surface area contributed by atoms with Crippen LogP contribution in [0.5, 0.6) is 23.0 Å². The molecule has 0 fully saturated rings. The Morgan fingerprint density at radius 2 is 0.812 bits per heavy atom. The van der Waals surface area contributed by atoms with E-state index < -0.39 is 11.6 Å². The highest BCUT2D eigenvalue weighted by Crippen LogP contribution is 2.43. The molecular weight excluding hydrogens is 1320 g/mol. The van der Waals surface area contributed by atoms with Crippen LogP contribution in [-0.4, -0.2) is 72.5 Å². The maximum Gasteiger partial charge on any atom is 0.235 e. The number of rotatable bonds is 15. The largest absolute Gasteiger partial charge is 0.493 e. The summed E-state index contributed by atoms with van der Waals surface area (Å²) < 4.78 is 22.5. The minimum absolute atomic E-state index is 0.243. The Morgan fingerprint density at radius 1 is 0.386 bits per heavy atom. The zero-order chi connectivity index (χ0) is 70.7. The van der Waals surface area contributed by atoms with Crippen LogP contribution < -0.4 is 18.9 Å². The second kappa shape index (κ2) is 32.1. The van der Waals surface area contributed by atoms with Crippen molar-refractivity contribution in [2.75, 3.05) is 28.4 Å². The number of Topliss-reactive ketones (excluding diaryl/α,β-unsaturated/α-hetero) is 2. The Morgan fingerprint density at radius 3 is 1.25 bits per heavy atom. The molecule has 0 unspecified atom stereocenters. The lowest BCUT2D eigenvalue weighted by atomic mass is 9.91. The quantitative estimate of drug-likeness (QED) is 0.0574. The minimum Gasteiger partial charge on any atom is -0.493 e. The summed E-state index contributed by atoms with van der Waals surface area (Å²) in [6.07, 6.45) is 10.6. The van der Waals surface area contributed by atoms with Gasteiger partial charge >= 0.3 is 0 Å². The van der Waals surface area contributed by atoms with E-state index >= 15 is 0 Å². The molecule has 2 aromatic heterocycles. The van der Waals surface area contributed by atoms with Crippen LogP contribution >= 0.6 is 34.8 Å². The SMILES string of the molecule is COc1ccc(-c2nc(-c3cc4ccc3CCCc3ccc(cc3-c3nc(-c5ccc(OC)c(OC)c5)c(-c5ccccc5Cl)[nH]3)CCC4)[nH]c2-c2ccccc2Cl)cc1OC.Cc1ccc(C(=O)C(=O)c2ccccc2Cl)cc1C.O=Cc1cc2ccc1CCc1ccc(cc1C=O)CC2. The number of carbonyl (C=O) groups excluding carboxylic acids is 4. The summed E-state index contributed by atoms with van der Waals surface area (Å²) >= 11 is 19.6. The molecule has 508 valence electrons. The average molecular weight is 1400 g/mol. The van der Waals surface area contributed by atoms with E-state index in [0.29, 0.717) is 43.6 Å². The van der Waals surface area contributed by atoms with E-state index in [1.54, 1.807) is 64.8 Å². The smallest absolute Gasteiger partial charge is 0.235 e. The second-order valence-electron chi connectivity index (χ2n) is 25.1. The number of methoxy groups -OCH3 is 4. The number of aromatic nitrogens is 4. The normalized spacial score (nSPS) is 12.4. The molecule has 12 nitrogen and oxygen atoms in total. The van der Waals surface area contributed by atoms with Gasteiger partial charge in [-0.15, -0.1) is 0 Å². The van der Waals surface area contributed by atoms with Crippen molar-refractivity contribution >= 4 is 58.9 Å². The molecular formula is C86H75Cl3N4O8. The van der Waals surface area contributed by atoms with E-state index in [0.717, 1.165) is 178 Å². The van der Waals surface area contributed by atoms with Crippen LogP contribution in [0.2, 0.25) is 15.1 Å². The maximum absolute atomic E-state index is 12.2. The lowest BCUT2D eigenvalue weighted by molar-refractivity contribution is 0.0817. The van der Waals surface area contributed by atoms with E-state index in [1.165, 1.54) is 33.4 Å². The molecule has 0 aliphatic heterocycles. The number of aldehydes is 2. The number of halogens is 3.